The van der Waals surface area contributed by atoms with E-state index in [4.69, 9.17) is 14.6 Å². The molecular weight excluding hydrogens is 242 g/mol. The molecule has 1 atom stereocenters. The van der Waals surface area contributed by atoms with Gasteiger partial charge in [0.25, 0.3) is 0 Å². The van der Waals surface area contributed by atoms with Gasteiger partial charge in [-0.05, 0) is 43.4 Å². The first-order valence-corrected chi connectivity index (χ1v) is 6.83. The molecule has 2 N–H and O–H groups in total. The maximum atomic E-state index is 9.11. The molecule has 4 heteroatoms. The molecule has 1 saturated carbocycles. The largest absolute Gasteiger partial charge is 0.497 e. The average Bonchev–Trinajstić information content (AvgIpc) is 3.27. The molecule has 0 aromatic heterocycles. The lowest BCUT2D eigenvalue weighted by Gasteiger charge is -2.18. The minimum absolute atomic E-state index is 0.239. The van der Waals surface area contributed by atoms with Crippen molar-refractivity contribution in [2.75, 3.05) is 20.8 Å². The standard InChI is InChI=1S/C15H23NO3/c1-18-13-5-6-15(19-2)12(9-13)10-16-14(7-8-17)11-3-4-11/h5-6,9,11,14,16-17H,3-4,7-8,10H2,1-2H3. The van der Waals surface area contributed by atoms with E-state index in [1.54, 1.807) is 14.2 Å². The zero-order chi connectivity index (χ0) is 13.7. The number of rotatable bonds is 8. The Morgan fingerprint density at radius 2 is 2.11 bits per heavy atom. The Morgan fingerprint density at radius 3 is 2.68 bits per heavy atom. The summed E-state index contributed by atoms with van der Waals surface area (Å²) in [5.41, 5.74) is 1.09. The summed E-state index contributed by atoms with van der Waals surface area (Å²) in [6, 6.07) is 6.22. The highest BCUT2D eigenvalue weighted by atomic mass is 16.5. The van der Waals surface area contributed by atoms with E-state index in [0.29, 0.717) is 6.04 Å². The summed E-state index contributed by atoms with van der Waals surface area (Å²) < 4.78 is 10.6. The van der Waals surface area contributed by atoms with Gasteiger partial charge in [-0.2, -0.15) is 0 Å². The van der Waals surface area contributed by atoms with Gasteiger partial charge in [0.1, 0.15) is 11.5 Å². The van der Waals surface area contributed by atoms with Crippen LogP contribution in [0.25, 0.3) is 0 Å². The Kier molecular flexibility index (Phi) is 5.05. The van der Waals surface area contributed by atoms with Gasteiger partial charge in [0.05, 0.1) is 14.2 Å². The molecule has 1 aliphatic carbocycles. The molecule has 1 aromatic rings. The fourth-order valence-electron chi connectivity index (χ4n) is 2.40. The number of aliphatic hydroxyl groups is 1. The molecule has 0 amide bonds. The molecule has 1 unspecified atom stereocenters. The van der Waals surface area contributed by atoms with Gasteiger partial charge >= 0.3 is 0 Å². The van der Waals surface area contributed by atoms with E-state index in [1.165, 1.54) is 12.8 Å². The van der Waals surface area contributed by atoms with Crippen molar-refractivity contribution in [1.82, 2.24) is 5.32 Å². The molecule has 0 heterocycles. The number of methoxy groups -OCH3 is 2. The van der Waals surface area contributed by atoms with E-state index >= 15 is 0 Å². The number of benzene rings is 1. The van der Waals surface area contributed by atoms with E-state index < -0.39 is 0 Å². The van der Waals surface area contributed by atoms with Crippen LogP contribution in [-0.2, 0) is 6.54 Å². The van der Waals surface area contributed by atoms with Crippen molar-refractivity contribution >= 4 is 0 Å². The summed E-state index contributed by atoms with van der Waals surface area (Å²) in [6.45, 7) is 0.977. The first-order valence-electron chi connectivity index (χ1n) is 6.83. The summed E-state index contributed by atoms with van der Waals surface area (Å²) in [5.74, 6) is 2.43. The van der Waals surface area contributed by atoms with Crippen molar-refractivity contribution in [3.8, 4) is 11.5 Å². The Bertz CT molecular complexity index is 404. The van der Waals surface area contributed by atoms with Crippen molar-refractivity contribution in [3.63, 3.8) is 0 Å². The van der Waals surface area contributed by atoms with Crippen molar-refractivity contribution in [2.24, 2.45) is 5.92 Å². The number of ether oxygens (including phenoxy) is 2. The lowest BCUT2D eigenvalue weighted by Crippen LogP contribution is -2.31. The van der Waals surface area contributed by atoms with Gasteiger partial charge in [0.2, 0.25) is 0 Å². The highest BCUT2D eigenvalue weighted by molar-refractivity contribution is 5.40. The number of hydrogen-bond acceptors (Lipinski definition) is 4. The maximum Gasteiger partial charge on any atom is 0.123 e. The van der Waals surface area contributed by atoms with Gasteiger partial charge in [-0.15, -0.1) is 0 Å². The predicted octanol–water partition coefficient (Wildman–Crippen LogP) is 1.95. The summed E-state index contributed by atoms with van der Waals surface area (Å²) in [6.07, 6.45) is 3.36. The van der Waals surface area contributed by atoms with Crippen molar-refractivity contribution in [2.45, 2.75) is 31.8 Å². The summed E-state index contributed by atoms with van der Waals surface area (Å²) in [7, 11) is 3.34. The van der Waals surface area contributed by atoms with Crippen LogP contribution < -0.4 is 14.8 Å². The quantitative estimate of drug-likeness (QED) is 0.754. The second-order valence-electron chi connectivity index (χ2n) is 5.01. The fraction of sp³-hybridized carbons (Fsp3) is 0.600. The van der Waals surface area contributed by atoms with Crippen LogP contribution in [0.15, 0.2) is 18.2 Å². The molecule has 1 fully saturated rings. The molecule has 2 rings (SSSR count). The predicted molar refractivity (Wildman–Crippen MR) is 74.6 cm³/mol. The van der Waals surface area contributed by atoms with Crippen molar-refractivity contribution in [3.05, 3.63) is 23.8 Å². The fourth-order valence-corrected chi connectivity index (χ4v) is 2.40. The van der Waals surface area contributed by atoms with Crippen molar-refractivity contribution in [1.29, 1.82) is 0 Å². The van der Waals surface area contributed by atoms with Gasteiger partial charge in [0, 0.05) is 24.8 Å². The zero-order valence-corrected chi connectivity index (χ0v) is 11.7. The van der Waals surface area contributed by atoms with Gasteiger partial charge in [-0.1, -0.05) is 0 Å². The number of hydrogen-bond donors (Lipinski definition) is 2. The van der Waals surface area contributed by atoms with E-state index in [9.17, 15) is 0 Å². The third-order valence-electron chi connectivity index (χ3n) is 3.67. The normalized spacial score (nSPS) is 16.2. The van der Waals surface area contributed by atoms with Gasteiger partial charge in [0.15, 0.2) is 0 Å². The third-order valence-corrected chi connectivity index (χ3v) is 3.67. The third kappa shape index (κ3) is 3.85. The van der Waals surface area contributed by atoms with E-state index in [0.717, 1.165) is 35.9 Å². The van der Waals surface area contributed by atoms with E-state index in [-0.39, 0.29) is 6.61 Å². The SMILES string of the molecule is COc1ccc(OC)c(CNC(CCO)C2CC2)c1. The van der Waals surface area contributed by atoms with Crippen LogP contribution in [0.2, 0.25) is 0 Å². The van der Waals surface area contributed by atoms with Crippen LogP contribution in [0.3, 0.4) is 0 Å². The Labute approximate surface area is 114 Å². The number of aliphatic hydroxyl groups excluding tert-OH is 1. The Hall–Kier alpha value is -1.26. The van der Waals surface area contributed by atoms with Crippen LogP contribution in [0.4, 0.5) is 0 Å². The van der Waals surface area contributed by atoms with E-state index in [2.05, 4.69) is 5.32 Å². The first kappa shape index (κ1) is 14.2. The summed E-state index contributed by atoms with van der Waals surface area (Å²) in [5, 5.41) is 12.6. The highest BCUT2D eigenvalue weighted by Crippen LogP contribution is 2.34. The molecule has 0 bridgehead atoms. The maximum absolute atomic E-state index is 9.11. The first-order chi connectivity index (χ1) is 9.28. The van der Waals surface area contributed by atoms with Gasteiger partial charge in [-0.25, -0.2) is 0 Å². The topological polar surface area (TPSA) is 50.7 Å². The smallest absolute Gasteiger partial charge is 0.123 e. The number of nitrogens with one attached hydrogen (secondary N) is 1. The lowest BCUT2D eigenvalue weighted by molar-refractivity contribution is 0.255. The van der Waals surface area contributed by atoms with Gasteiger partial charge < -0.3 is 19.9 Å². The van der Waals surface area contributed by atoms with Crippen LogP contribution in [0.5, 0.6) is 11.5 Å². The molecule has 19 heavy (non-hydrogen) atoms. The van der Waals surface area contributed by atoms with Crippen LogP contribution in [-0.4, -0.2) is 32.0 Å². The minimum Gasteiger partial charge on any atom is -0.497 e. The second kappa shape index (κ2) is 6.78. The second-order valence-corrected chi connectivity index (χ2v) is 5.01. The van der Waals surface area contributed by atoms with Crippen LogP contribution >= 0.6 is 0 Å². The molecular formula is C15H23NO3. The van der Waals surface area contributed by atoms with Crippen molar-refractivity contribution < 1.29 is 14.6 Å². The van der Waals surface area contributed by atoms with E-state index in [1.807, 2.05) is 18.2 Å². The van der Waals surface area contributed by atoms with Crippen LogP contribution in [0, 0.1) is 5.92 Å². The molecule has 1 aliphatic rings. The Balaban J connectivity index is 2.00. The summed E-state index contributed by atoms with van der Waals surface area (Å²) in [4.78, 5) is 0. The monoisotopic (exact) mass is 265 g/mol. The molecule has 106 valence electrons. The van der Waals surface area contributed by atoms with Gasteiger partial charge in [-0.3, -0.25) is 0 Å². The zero-order valence-electron chi connectivity index (χ0n) is 11.7. The minimum atomic E-state index is 0.239. The molecule has 0 aliphatic heterocycles. The summed E-state index contributed by atoms with van der Waals surface area (Å²) >= 11 is 0. The molecule has 0 spiro atoms. The lowest BCUT2D eigenvalue weighted by atomic mass is 10.1. The highest BCUT2D eigenvalue weighted by Gasteiger charge is 2.30. The Morgan fingerprint density at radius 1 is 1.32 bits per heavy atom. The molecule has 1 aromatic carbocycles. The molecule has 0 radical (unpaired) electrons. The molecule has 4 nitrogen and oxygen atoms in total. The average molecular weight is 265 g/mol. The molecule has 0 saturated heterocycles. The van der Waals surface area contributed by atoms with Crippen LogP contribution in [0.1, 0.15) is 24.8 Å².